The van der Waals surface area contributed by atoms with Gasteiger partial charge in [-0.3, -0.25) is 10.0 Å². The first-order valence-corrected chi connectivity index (χ1v) is 9.86. The van der Waals surface area contributed by atoms with E-state index in [2.05, 4.69) is 33.9 Å². The Morgan fingerprint density at radius 3 is 2.69 bits per heavy atom. The molecule has 0 fully saturated rings. The zero-order valence-electron chi connectivity index (χ0n) is 16.5. The lowest BCUT2D eigenvalue weighted by Crippen LogP contribution is -2.18. The van der Waals surface area contributed by atoms with Crippen molar-refractivity contribution in [2.45, 2.75) is 32.6 Å². The smallest absolute Gasteiger partial charge is 0.243 e. The standard InChI is InChI=1S/C22H26N4O3/c1-2-26(17-9-5-3-6-10-17)22-19-15-18(12-13-20(19)23-16-24-22)29-14-8-4-7-11-21(27)25-28/h3,5-6,9-10,12-13,15-16,28H,2,4,7-8,11,14H2,1H3,(H,25,27). The topological polar surface area (TPSA) is 87.6 Å². The number of hydroxylamine groups is 1. The molecule has 0 saturated carbocycles. The Bertz CT molecular complexity index is 934. The SMILES string of the molecule is CCN(c1ccccc1)c1ncnc2ccc(OCCCCCC(=O)NO)cc12. The molecule has 29 heavy (non-hydrogen) atoms. The van der Waals surface area contributed by atoms with Gasteiger partial charge in [0.2, 0.25) is 5.91 Å². The Labute approximate surface area is 170 Å². The monoisotopic (exact) mass is 394 g/mol. The molecule has 0 unspecified atom stereocenters. The lowest BCUT2D eigenvalue weighted by atomic mass is 10.2. The van der Waals surface area contributed by atoms with Crippen LogP contribution in [0.3, 0.4) is 0 Å². The maximum Gasteiger partial charge on any atom is 0.243 e. The summed E-state index contributed by atoms with van der Waals surface area (Å²) < 4.78 is 5.90. The third-order valence-corrected chi connectivity index (χ3v) is 4.67. The van der Waals surface area contributed by atoms with Gasteiger partial charge in [-0.15, -0.1) is 0 Å². The molecule has 0 bridgehead atoms. The van der Waals surface area contributed by atoms with Gasteiger partial charge in [0.1, 0.15) is 17.9 Å². The molecule has 0 spiro atoms. The number of aromatic nitrogens is 2. The summed E-state index contributed by atoms with van der Waals surface area (Å²) in [5.41, 5.74) is 3.59. The third-order valence-electron chi connectivity index (χ3n) is 4.67. The summed E-state index contributed by atoms with van der Waals surface area (Å²) in [5, 5.41) is 9.43. The second-order valence-electron chi connectivity index (χ2n) is 6.65. The first-order chi connectivity index (χ1) is 14.2. The fourth-order valence-corrected chi connectivity index (χ4v) is 3.20. The molecule has 152 valence electrons. The van der Waals surface area contributed by atoms with Gasteiger partial charge >= 0.3 is 0 Å². The van der Waals surface area contributed by atoms with Crippen molar-refractivity contribution >= 4 is 28.3 Å². The molecule has 1 heterocycles. The molecule has 0 saturated heterocycles. The van der Waals surface area contributed by atoms with Gasteiger partial charge in [-0.1, -0.05) is 18.2 Å². The second kappa shape index (κ2) is 10.4. The van der Waals surface area contributed by atoms with Crippen molar-refractivity contribution in [2.24, 2.45) is 0 Å². The largest absolute Gasteiger partial charge is 0.494 e. The van der Waals surface area contributed by atoms with Crippen LogP contribution in [0.25, 0.3) is 10.9 Å². The van der Waals surface area contributed by atoms with Gasteiger partial charge in [0.25, 0.3) is 0 Å². The third kappa shape index (κ3) is 5.42. The van der Waals surface area contributed by atoms with E-state index in [4.69, 9.17) is 9.94 Å². The van der Waals surface area contributed by atoms with Gasteiger partial charge in [0.05, 0.1) is 12.1 Å². The van der Waals surface area contributed by atoms with Crippen molar-refractivity contribution in [1.29, 1.82) is 0 Å². The predicted octanol–water partition coefficient (Wildman–Crippen LogP) is 4.23. The molecule has 1 amide bonds. The quantitative estimate of drug-likeness (QED) is 0.304. The maximum atomic E-state index is 11.0. The molecular weight excluding hydrogens is 368 g/mol. The number of fused-ring (bicyclic) bond motifs is 1. The van der Waals surface area contributed by atoms with Crippen LogP contribution in [0, 0.1) is 0 Å². The molecule has 3 rings (SSSR count). The molecule has 0 atom stereocenters. The van der Waals surface area contributed by atoms with E-state index in [0.717, 1.165) is 47.5 Å². The minimum absolute atomic E-state index is 0.319. The lowest BCUT2D eigenvalue weighted by molar-refractivity contribution is -0.129. The van der Waals surface area contributed by atoms with Gasteiger partial charge in [-0.05, 0) is 56.5 Å². The van der Waals surface area contributed by atoms with Crippen LogP contribution in [-0.4, -0.2) is 34.2 Å². The number of nitrogens with zero attached hydrogens (tertiary/aromatic N) is 3. The number of para-hydroxylation sites is 1. The Kier molecular flexibility index (Phi) is 7.35. The number of hydrogen-bond donors (Lipinski definition) is 2. The summed E-state index contributed by atoms with van der Waals surface area (Å²) in [6.07, 6.45) is 4.31. The van der Waals surface area contributed by atoms with Crippen LogP contribution in [0.4, 0.5) is 11.5 Å². The van der Waals surface area contributed by atoms with Crippen LogP contribution >= 0.6 is 0 Å². The first-order valence-electron chi connectivity index (χ1n) is 9.86. The Morgan fingerprint density at radius 2 is 1.93 bits per heavy atom. The zero-order valence-corrected chi connectivity index (χ0v) is 16.5. The number of ether oxygens (including phenoxy) is 1. The average Bonchev–Trinajstić information content (AvgIpc) is 2.77. The normalized spacial score (nSPS) is 10.7. The van der Waals surface area contributed by atoms with E-state index in [1.807, 2.05) is 36.4 Å². The van der Waals surface area contributed by atoms with Crippen molar-refractivity contribution in [3.8, 4) is 5.75 Å². The highest BCUT2D eigenvalue weighted by Crippen LogP contribution is 2.31. The van der Waals surface area contributed by atoms with Crippen LogP contribution in [0.15, 0.2) is 54.9 Å². The van der Waals surface area contributed by atoms with E-state index in [-0.39, 0.29) is 5.91 Å². The molecule has 2 aromatic carbocycles. The zero-order chi connectivity index (χ0) is 20.5. The molecule has 0 radical (unpaired) electrons. The molecule has 3 aromatic rings. The summed E-state index contributed by atoms with van der Waals surface area (Å²) in [7, 11) is 0. The lowest BCUT2D eigenvalue weighted by Gasteiger charge is -2.23. The molecule has 0 aliphatic carbocycles. The van der Waals surface area contributed by atoms with E-state index in [1.165, 1.54) is 0 Å². The number of nitrogens with one attached hydrogen (secondary N) is 1. The van der Waals surface area contributed by atoms with E-state index in [9.17, 15) is 4.79 Å². The van der Waals surface area contributed by atoms with E-state index >= 15 is 0 Å². The van der Waals surface area contributed by atoms with Gasteiger partial charge in [-0.25, -0.2) is 15.4 Å². The number of anilines is 2. The van der Waals surface area contributed by atoms with Gasteiger partial charge in [0, 0.05) is 24.0 Å². The number of hydrogen-bond acceptors (Lipinski definition) is 6. The number of rotatable bonds is 10. The Morgan fingerprint density at radius 1 is 1.10 bits per heavy atom. The second-order valence-corrected chi connectivity index (χ2v) is 6.65. The van der Waals surface area contributed by atoms with Crippen LogP contribution in [0.5, 0.6) is 5.75 Å². The van der Waals surface area contributed by atoms with Gasteiger partial charge in [0.15, 0.2) is 0 Å². The van der Waals surface area contributed by atoms with E-state index in [0.29, 0.717) is 19.4 Å². The van der Waals surface area contributed by atoms with Crippen LogP contribution < -0.4 is 15.1 Å². The number of amides is 1. The molecule has 0 aliphatic rings. The Hall–Kier alpha value is -3.19. The fraction of sp³-hybridized carbons (Fsp3) is 0.318. The van der Waals surface area contributed by atoms with Gasteiger partial charge in [-0.2, -0.15) is 0 Å². The average molecular weight is 394 g/mol. The molecule has 7 heteroatoms. The molecule has 1 aromatic heterocycles. The van der Waals surface area contributed by atoms with Crippen molar-refractivity contribution in [2.75, 3.05) is 18.1 Å². The summed E-state index contributed by atoms with van der Waals surface area (Å²) in [6, 6.07) is 16.0. The predicted molar refractivity (Wildman–Crippen MR) is 113 cm³/mol. The van der Waals surface area contributed by atoms with Crippen molar-refractivity contribution in [3.05, 3.63) is 54.9 Å². The highest BCUT2D eigenvalue weighted by atomic mass is 16.5. The maximum absolute atomic E-state index is 11.0. The molecule has 2 N–H and O–H groups in total. The molecule has 7 nitrogen and oxygen atoms in total. The highest BCUT2D eigenvalue weighted by Gasteiger charge is 2.13. The number of benzene rings is 2. The number of unbranched alkanes of at least 4 members (excludes halogenated alkanes) is 2. The van der Waals surface area contributed by atoms with E-state index < -0.39 is 0 Å². The minimum Gasteiger partial charge on any atom is -0.494 e. The fourth-order valence-electron chi connectivity index (χ4n) is 3.20. The van der Waals surface area contributed by atoms with Crippen molar-refractivity contribution in [1.82, 2.24) is 15.4 Å². The number of carbonyl (C=O) groups excluding carboxylic acids is 1. The van der Waals surface area contributed by atoms with Crippen molar-refractivity contribution in [3.63, 3.8) is 0 Å². The summed E-state index contributed by atoms with van der Waals surface area (Å²) in [4.78, 5) is 22.1. The van der Waals surface area contributed by atoms with Crippen LogP contribution in [0.2, 0.25) is 0 Å². The van der Waals surface area contributed by atoms with Crippen LogP contribution in [0.1, 0.15) is 32.6 Å². The number of carbonyl (C=O) groups is 1. The molecule has 0 aliphatic heterocycles. The van der Waals surface area contributed by atoms with E-state index in [1.54, 1.807) is 11.8 Å². The van der Waals surface area contributed by atoms with Crippen molar-refractivity contribution < 1.29 is 14.7 Å². The minimum atomic E-state index is -0.355. The van der Waals surface area contributed by atoms with Gasteiger partial charge < -0.3 is 9.64 Å². The summed E-state index contributed by atoms with van der Waals surface area (Å²) in [5.74, 6) is 1.27. The summed E-state index contributed by atoms with van der Waals surface area (Å²) >= 11 is 0. The summed E-state index contributed by atoms with van der Waals surface area (Å²) in [6.45, 7) is 3.44. The highest BCUT2D eigenvalue weighted by molar-refractivity contribution is 5.92. The first kappa shape index (κ1) is 20.5. The van der Waals surface area contributed by atoms with Crippen LogP contribution in [-0.2, 0) is 4.79 Å². The Balaban J connectivity index is 1.70. The molecular formula is C22H26N4O3.